The number of hydrogen-bond acceptors (Lipinski definition) is 8. The van der Waals surface area contributed by atoms with Crippen molar-refractivity contribution in [3.8, 4) is 43.5 Å². The lowest BCUT2D eigenvalue weighted by atomic mass is 9.92. The van der Waals surface area contributed by atoms with Gasteiger partial charge in [0.2, 0.25) is 0 Å². The molecule has 0 atom stereocenters. The van der Waals surface area contributed by atoms with Crippen molar-refractivity contribution in [1.29, 1.82) is 0 Å². The van der Waals surface area contributed by atoms with Crippen molar-refractivity contribution in [2.75, 3.05) is 18.1 Å². The fraction of sp³-hybridized carbons (Fsp3) is 0.286. The van der Waals surface area contributed by atoms with E-state index in [9.17, 15) is 9.90 Å². The molecule has 7 rings (SSSR count). The Hall–Kier alpha value is -5.51. The van der Waals surface area contributed by atoms with Gasteiger partial charge in [0.05, 0.1) is 30.5 Å². The molecule has 7 aromatic rings. The van der Waals surface area contributed by atoms with Gasteiger partial charge < -0.3 is 19.5 Å². The minimum Gasteiger partial charge on any atom is -0.494 e. The zero-order valence-corrected chi connectivity index (χ0v) is 35.4. The predicted octanol–water partition coefficient (Wildman–Crippen LogP) is 14.5. The molecule has 5 aromatic carbocycles. The molecule has 0 bridgehead atoms. The van der Waals surface area contributed by atoms with Crippen molar-refractivity contribution in [3.05, 3.63) is 126 Å². The van der Waals surface area contributed by atoms with Crippen molar-refractivity contribution >= 4 is 57.1 Å². The number of fused-ring (bicyclic) bond motifs is 1. The zero-order valence-electron chi connectivity index (χ0n) is 33.8. The second-order valence-corrected chi connectivity index (χ2v) is 16.4. The molecule has 2 heterocycles. The highest BCUT2D eigenvalue weighted by atomic mass is 32.1. The van der Waals surface area contributed by atoms with Crippen molar-refractivity contribution < 1.29 is 19.4 Å². The molecule has 1 N–H and O–H groups in total. The van der Waals surface area contributed by atoms with Gasteiger partial charge in [-0.05, 0) is 134 Å². The van der Waals surface area contributed by atoms with Gasteiger partial charge in [0, 0.05) is 37.9 Å². The van der Waals surface area contributed by atoms with Crippen LogP contribution >= 0.6 is 23.1 Å². The third-order valence-corrected chi connectivity index (χ3v) is 12.2. The number of carboxylic acids is 1. The summed E-state index contributed by atoms with van der Waals surface area (Å²) < 4.78 is 21.6. The summed E-state index contributed by atoms with van der Waals surface area (Å²) >= 11 is 2.93. The van der Waals surface area contributed by atoms with Crippen molar-refractivity contribution in [2.24, 2.45) is 0 Å². The Balaban J connectivity index is 1.13. The average molecular weight is 810 g/mol. The van der Waals surface area contributed by atoms with Gasteiger partial charge in [-0.25, -0.2) is 4.79 Å². The second-order valence-electron chi connectivity index (χ2n) is 14.8. The number of aryl methyl sites for hydroxylation is 2. The Morgan fingerprint density at radius 2 is 1.09 bits per heavy atom. The molecular formula is C49H51N3O4S2. The van der Waals surface area contributed by atoms with Crippen LogP contribution in [0.3, 0.4) is 0 Å². The highest BCUT2D eigenvalue weighted by Gasteiger charge is 2.20. The first-order chi connectivity index (χ1) is 28.3. The average Bonchev–Trinajstić information content (AvgIpc) is 3.94. The van der Waals surface area contributed by atoms with E-state index >= 15 is 0 Å². The Morgan fingerprint density at radius 3 is 1.60 bits per heavy atom. The number of aromatic nitrogens is 2. The summed E-state index contributed by atoms with van der Waals surface area (Å²) in [7, 11) is 0. The molecule has 0 fully saturated rings. The number of ether oxygens (including phenoxy) is 2. The molecule has 7 nitrogen and oxygen atoms in total. The van der Waals surface area contributed by atoms with Crippen LogP contribution in [0.4, 0.5) is 17.1 Å². The van der Waals surface area contributed by atoms with E-state index < -0.39 is 5.97 Å². The summed E-state index contributed by atoms with van der Waals surface area (Å²) in [6.07, 6.45) is 9.42. The number of thiophene rings is 1. The normalized spacial score (nSPS) is 11.2. The highest BCUT2D eigenvalue weighted by Crippen LogP contribution is 2.43. The predicted molar refractivity (Wildman–Crippen MR) is 242 cm³/mol. The van der Waals surface area contributed by atoms with E-state index in [2.05, 4.69) is 116 Å². The van der Waals surface area contributed by atoms with Crippen LogP contribution in [-0.4, -0.2) is 33.0 Å². The van der Waals surface area contributed by atoms with Gasteiger partial charge in [0.1, 0.15) is 22.5 Å². The van der Waals surface area contributed by atoms with Crippen molar-refractivity contribution in [3.63, 3.8) is 0 Å². The van der Waals surface area contributed by atoms with Gasteiger partial charge in [-0.1, -0.05) is 76.6 Å². The van der Waals surface area contributed by atoms with Gasteiger partial charge in [-0.2, -0.15) is 8.75 Å². The van der Waals surface area contributed by atoms with Crippen molar-refractivity contribution in [1.82, 2.24) is 8.75 Å². The Morgan fingerprint density at radius 1 is 0.603 bits per heavy atom. The third-order valence-electron chi connectivity index (χ3n) is 10.5. The summed E-state index contributed by atoms with van der Waals surface area (Å²) in [6, 6.07) is 37.5. The summed E-state index contributed by atoms with van der Waals surface area (Å²) in [5.74, 6) is 0.841. The molecule has 298 valence electrons. The lowest BCUT2D eigenvalue weighted by molar-refractivity contribution is 0.0696. The Bertz CT molecular complexity index is 2360. The number of rotatable bonds is 19. The molecule has 0 spiro atoms. The molecule has 0 radical (unpaired) electrons. The minimum absolute atomic E-state index is 0.287. The number of hydrogen-bond donors (Lipinski definition) is 1. The smallest absolute Gasteiger partial charge is 0.335 e. The molecule has 0 aliphatic carbocycles. The molecule has 0 aliphatic heterocycles. The van der Waals surface area contributed by atoms with Gasteiger partial charge in [0.15, 0.2) is 0 Å². The third kappa shape index (κ3) is 9.43. The summed E-state index contributed by atoms with van der Waals surface area (Å²) in [5.41, 5.74) is 11.0. The lowest BCUT2D eigenvalue weighted by Crippen LogP contribution is -2.10. The number of carbonyl (C=O) groups is 1. The van der Waals surface area contributed by atoms with Gasteiger partial charge in [0.25, 0.3) is 0 Å². The van der Waals surface area contributed by atoms with E-state index in [0.717, 1.165) is 109 Å². The number of nitrogens with zero attached hydrogens (tertiary/aromatic N) is 3. The molecule has 9 heteroatoms. The number of aromatic carboxylic acids is 1. The first kappa shape index (κ1) is 40.7. The molecule has 0 amide bonds. The lowest BCUT2D eigenvalue weighted by Gasteiger charge is -2.26. The van der Waals surface area contributed by atoms with Crippen LogP contribution < -0.4 is 14.4 Å². The van der Waals surface area contributed by atoms with Gasteiger partial charge in [-0.3, -0.25) is 0 Å². The SMILES string of the molecule is CCCCCCOc1ccc(N(c2ccc(OCCCCCC)cc2)c2ccc(-c3ccc(-c4ccc(-c5c(C)cc(C(=O)O)cc5C)c5nsnc45)s3)cc2)cc1. The summed E-state index contributed by atoms with van der Waals surface area (Å²) in [5, 5.41) is 9.58. The minimum atomic E-state index is -0.929. The molecule has 0 saturated heterocycles. The standard InChI is InChI=1S/C49H51N3O4S2/c1-5-7-9-11-29-55-40-21-17-38(18-22-40)52(39-19-23-41(24-20-39)56-30-12-10-8-6-2)37-15-13-35(14-16-37)44-27-28-45(57-44)42-25-26-43(48-47(42)50-58-51-48)46-33(3)31-36(49(53)54)32-34(46)4/h13-28,31-32H,5-12,29-30H2,1-4H3,(H,53,54). The van der Waals surface area contributed by atoms with Crippen LogP contribution in [0.1, 0.15) is 86.7 Å². The zero-order chi connectivity index (χ0) is 40.4. The molecular weight excluding hydrogens is 759 g/mol. The maximum Gasteiger partial charge on any atom is 0.335 e. The molecule has 0 aliphatic rings. The highest BCUT2D eigenvalue weighted by molar-refractivity contribution is 7.19. The fourth-order valence-electron chi connectivity index (χ4n) is 7.46. The Kier molecular flexibility index (Phi) is 13.5. The van der Waals surface area contributed by atoms with Crippen molar-refractivity contribution in [2.45, 2.75) is 79.1 Å². The first-order valence-electron chi connectivity index (χ1n) is 20.4. The maximum atomic E-state index is 11.7. The van der Waals surface area contributed by atoms with Crippen LogP contribution in [0.2, 0.25) is 0 Å². The Labute approximate surface area is 350 Å². The summed E-state index contributed by atoms with van der Waals surface area (Å²) in [6.45, 7) is 9.82. The van der Waals surface area contributed by atoms with E-state index in [-0.39, 0.29) is 5.56 Å². The largest absolute Gasteiger partial charge is 0.494 e. The topological polar surface area (TPSA) is 84.8 Å². The summed E-state index contributed by atoms with van der Waals surface area (Å²) in [4.78, 5) is 16.2. The number of anilines is 3. The van der Waals surface area contributed by atoms with E-state index in [4.69, 9.17) is 18.2 Å². The van der Waals surface area contributed by atoms with Crippen LogP contribution in [-0.2, 0) is 0 Å². The second kappa shape index (κ2) is 19.3. The number of benzene rings is 5. The molecule has 58 heavy (non-hydrogen) atoms. The van der Waals surface area contributed by atoms with E-state index in [1.165, 1.54) is 50.3 Å². The number of carboxylic acid groups (broad SMARTS) is 1. The van der Waals surface area contributed by atoms with Crippen LogP contribution in [0.5, 0.6) is 11.5 Å². The van der Waals surface area contributed by atoms with E-state index in [1.807, 2.05) is 13.8 Å². The van der Waals surface area contributed by atoms with Crippen LogP contribution in [0, 0.1) is 13.8 Å². The van der Waals surface area contributed by atoms with Gasteiger partial charge in [-0.15, -0.1) is 11.3 Å². The van der Waals surface area contributed by atoms with Crippen LogP contribution in [0.15, 0.2) is 109 Å². The van der Waals surface area contributed by atoms with E-state index in [0.29, 0.717) is 0 Å². The number of unbranched alkanes of at least 4 members (excludes halogenated alkanes) is 6. The molecule has 2 aromatic heterocycles. The van der Waals surface area contributed by atoms with Crippen LogP contribution in [0.25, 0.3) is 43.0 Å². The van der Waals surface area contributed by atoms with E-state index in [1.54, 1.807) is 23.5 Å². The fourth-order valence-corrected chi connectivity index (χ4v) is 9.07. The monoisotopic (exact) mass is 809 g/mol. The first-order valence-corrected chi connectivity index (χ1v) is 22.0. The molecule has 0 saturated carbocycles. The quantitative estimate of drug-likeness (QED) is 0.0814. The maximum absolute atomic E-state index is 11.7. The van der Waals surface area contributed by atoms with Gasteiger partial charge >= 0.3 is 5.97 Å². The molecule has 0 unspecified atom stereocenters.